The number of thiocarbonyl (C=S) groups is 2. The summed E-state index contributed by atoms with van der Waals surface area (Å²) in [7, 11) is 0. The highest BCUT2D eigenvalue weighted by Gasteiger charge is 2.14. The van der Waals surface area contributed by atoms with Gasteiger partial charge in [0, 0.05) is 33.6 Å². The number of benzene rings is 3. The second-order valence-electron chi connectivity index (χ2n) is 7.11. The van der Waals surface area contributed by atoms with Crippen LogP contribution in [0.3, 0.4) is 0 Å². The van der Waals surface area contributed by atoms with Crippen molar-refractivity contribution in [2.75, 3.05) is 10.6 Å². The molecule has 3 aromatic rings. The Morgan fingerprint density at radius 3 is 1.31 bits per heavy atom. The Hall–Kier alpha value is -3.70. The van der Waals surface area contributed by atoms with Gasteiger partial charge in [-0.2, -0.15) is 0 Å². The Bertz CT molecular complexity index is 1300. The van der Waals surface area contributed by atoms with E-state index in [1.54, 1.807) is 24.3 Å². The van der Waals surface area contributed by atoms with E-state index in [2.05, 4.69) is 21.3 Å². The van der Waals surface area contributed by atoms with Crippen LogP contribution in [0.25, 0.3) is 0 Å². The molecule has 0 saturated heterocycles. The zero-order chi connectivity index (χ0) is 26.2. The summed E-state index contributed by atoms with van der Waals surface area (Å²) in [4.78, 5) is 47.9. The van der Waals surface area contributed by atoms with E-state index < -0.39 is 22.3 Å². The monoisotopic (exact) mass is 558 g/mol. The molecule has 0 aromatic heterocycles. The summed E-state index contributed by atoms with van der Waals surface area (Å²) in [5.74, 6) is -1.12. The third-order valence-electron chi connectivity index (χ3n) is 4.54. The number of carbonyl (C=O) groups is 4. The molecule has 0 unspecified atom stereocenters. The van der Waals surface area contributed by atoms with Crippen molar-refractivity contribution in [2.45, 2.75) is 0 Å². The Labute approximate surface area is 226 Å². The molecule has 4 N–H and O–H groups in total. The molecule has 0 saturated carbocycles. The predicted molar refractivity (Wildman–Crippen MR) is 147 cm³/mol. The number of hydrogen-bond acceptors (Lipinski definition) is 6. The molecular formula is C24H16Cl2N4O4S2. The zero-order valence-corrected chi connectivity index (χ0v) is 21.3. The molecule has 36 heavy (non-hydrogen) atoms. The molecule has 0 aliphatic heterocycles. The lowest BCUT2D eigenvalue weighted by Gasteiger charge is -2.12. The van der Waals surface area contributed by atoms with E-state index in [4.69, 9.17) is 47.6 Å². The van der Waals surface area contributed by atoms with Crippen molar-refractivity contribution < 1.29 is 19.2 Å². The van der Waals surface area contributed by atoms with Gasteiger partial charge >= 0.3 is 0 Å². The molecule has 3 aromatic carbocycles. The lowest BCUT2D eigenvalue weighted by molar-refractivity contribution is 0.0976. The first-order valence-electron chi connectivity index (χ1n) is 10.1. The Kier molecular flexibility index (Phi) is 9.20. The minimum Gasteiger partial charge on any atom is -0.332 e. The van der Waals surface area contributed by atoms with Crippen LogP contribution < -0.4 is 21.3 Å². The number of anilines is 2. The summed E-state index contributed by atoms with van der Waals surface area (Å²) in [6, 6.07) is 18.5. The maximum Gasteiger partial charge on any atom is 0.257 e. The molecule has 0 spiro atoms. The fraction of sp³-hybridized carbons (Fsp3) is 0. The van der Waals surface area contributed by atoms with Gasteiger partial charge in [-0.15, -0.1) is 0 Å². The van der Waals surface area contributed by atoms with Crippen molar-refractivity contribution in [3.8, 4) is 0 Å². The van der Waals surface area contributed by atoms with Crippen molar-refractivity contribution in [2.24, 2.45) is 0 Å². The first kappa shape index (κ1) is 26.9. The molecule has 0 radical (unpaired) electrons. The van der Waals surface area contributed by atoms with Crippen molar-refractivity contribution in [1.82, 2.24) is 10.6 Å². The smallest absolute Gasteiger partial charge is 0.257 e. The first-order valence-corrected chi connectivity index (χ1v) is 11.6. The number of carbonyl (C=O) groups excluding carboxylic acids is 4. The number of nitrogens with one attached hydrogen (secondary N) is 4. The zero-order valence-electron chi connectivity index (χ0n) is 18.1. The first-order chi connectivity index (χ1) is 17.1. The van der Waals surface area contributed by atoms with Gasteiger partial charge in [0.05, 0.1) is 0 Å². The Morgan fingerprint density at radius 2 is 0.917 bits per heavy atom. The fourth-order valence-electron chi connectivity index (χ4n) is 2.92. The van der Waals surface area contributed by atoms with Crippen LogP contribution >= 0.6 is 47.6 Å². The van der Waals surface area contributed by atoms with Gasteiger partial charge in [0.1, 0.15) is 0 Å². The standard InChI is InChI=1S/C24H16Cl2N4O4S2/c25-19(31)13-4-2-8-17(11-13)27-23(35)29-21(33)15-6-1-7-16(10-15)22(34)30-24(36)28-18-9-3-5-14(12-18)20(26)32/h1-12H,(H2,27,29,33,35)(H2,28,30,34,36). The van der Waals surface area contributed by atoms with Crippen LogP contribution in [0, 0.1) is 0 Å². The molecule has 0 atom stereocenters. The summed E-state index contributed by atoms with van der Waals surface area (Å²) in [5.41, 5.74) is 1.79. The van der Waals surface area contributed by atoms with E-state index in [0.29, 0.717) is 11.4 Å². The third kappa shape index (κ3) is 7.65. The van der Waals surface area contributed by atoms with Crippen LogP contribution in [0.1, 0.15) is 41.4 Å². The Balaban J connectivity index is 1.60. The number of halogens is 2. The molecule has 3 rings (SSSR count). The van der Waals surface area contributed by atoms with Gasteiger partial charge in [-0.1, -0.05) is 18.2 Å². The van der Waals surface area contributed by atoms with Gasteiger partial charge in [0.2, 0.25) is 0 Å². The van der Waals surface area contributed by atoms with Crippen molar-refractivity contribution in [3.63, 3.8) is 0 Å². The quantitative estimate of drug-likeness (QED) is 0.254. The number of amides is 2. The molecule has 8 nitrogen and oxygen atoms in total. The Morgan fingerprint density at radius 1 is 0.556 bits per heavy atom. The summed E-state index contributed by atoms with van der Waals surface area (Å²) in [6.45, 7) is 0. The largest absolute Gasteiger partial charge is 0.332 e. The maximum absolute atomic E-state index is 12.6. The van der Waals surface area contributed by atoms with Gasteiger partial charge in [0.25, 0.3) is 22.3 Å². The maximum atomic E-state index is 12.6. The molecule has 0 aliphatic rings. The average molecular weight is 559 g/mol. The molecule has 0 aliphatic carbocycles. The van der Waals surface area contributed by atoms with Crippen LogP contribution in [0.2, 0.25) is 0 Å². The number of rotatable bonds is 6. The third-order valence-corrected chi connectivity index (χ3v) is 5.38. The van der Waals surface area contributed by atoms with Crippen molar-refractivity contribution >= 4 is 91.5 Å². The topological polar surface area (TPSA) is 116 Å². The molecule has 12 heteroatoms. The average Bonchev–Trinajstić information content (AvgIpc) is 2.84. The van der Waals surface area contributed by atoms with Gasteiger partial charge in [-0.25, -0.2) is 0 Å². The second kappa shape index (κ2) is 12.3. The highest BCUT2D eigenvalue weighted by Crippen LogP contribution is 2.14. The molecular weight excluding hydrogens is 543 g/mol. The van der Waals surface area contributed by atoms with Crippen LogP contribution in [-0.2, 0) is 0 Å². The molecule has 2 amide bonds. The van der Waals surface area contributed by atoms with Gasteiger partial charge in [-0.3, -0.25) is 29.8 Å². The lowest BCUT2D eigenvalue weighted by Crippen LogP contribution is -2.35. The number of hydrogen-bond donors (Lipinski definition) is 4. The van der Waals surface area contributed by atoms with Crippen molar-refractivity contribution in [1.29, 1.82) is 0 Å². The summed E-state index contributed by atoms with van der Waals surface area (Å²) in [5, 5.41) is 9.30. The summed E-state index contributed by atoms with van der Waals surface area (Å²) >= 11 is 21.3. The second-order valence-corrected chi connectivity index (χ2v) is 8.61. The summed E-state index contributed by atoms with van der Waals surface area (Å²) < 4.78 is 0. The highest BCUT2D eigenvalue weighted by molar-refractivity contribution is 7.80. The van der Waals surface area contributed by atoms with E-state index in [-0.39, 0.29) is 32.5 Å². The minimum atomic E-state index is -0.628. The van der Waals surface area contributed by atoms with Crippen LogP contribution in [0.5, 0.6) is 0 Å². The molecule has 0 bridgehead atoms. The van der Waals surface area contributed by atoms with E-state index in [0.717, 1.165) is 0 Å². The van der Waals surface area contributed by atoms with E-state index in [9.17, 15) is 19.2 Å². The van der Waals surface area contributed by atoms with Crippen LogP contribution in [-0.4, -0.2) is 32.5 Å². The molecule has 182 valence electrons. The van der Waals surface area contributed by atoms with Crippen LogP contribution in [0.15, 0.2) is 72.8 Å². The SMILES string of the molecule is O=C(Cl)c1cccc(NC(=S)NC(=O)c2cccc(C(=O)NC(=S)Nc3cccc(C(=O)Cl)c3)c2)c1. The van der Waals surface area contributed by atoms with E-state index in [1.807, 2.05) is 0 Å². The van der Waals surface area contributed by atoms with E-state index >= 15 is 0 Å². The van der Waals surface area contributed by atoms with Gasteiger partial charge in [-0.05, 0) is 102 Å². The van der Waals surface area contributed by atoms with E-state index in [1.165, 1.54) is 48.5 Å². The van der Waals surface area contributed by atoms with Gasteiger partial charge in [0.15, 0.2) is 10.2 Å². The normalized spacial score (nSPS) is 10.1. The lowest BCUT2D eigenvalue weighted by atomic mass is 10.1. The molecule has 0 heterocycles. The fourth-order valence-corrected chi connectivity index (χ4v) is 3.57. The highest BCUT2D eigenvalue weighted by atomic mass is 35.5. The summed E-state index contributed by atoms with van der Waals surface area (Å²) in [6.07, 6.45) is 0. The van der Waals surface area contributed by atoms with Gasteiger partial charge < -0.3 is 10.6 Å². The van der Waals surface area contributed by atoms with Crippen LogP contribution in [0.4, 0.5) is 11.4 Å². The predicted octanol–water partition coefficient (Wildman–Crippen LogP) is 4.70. The molecule has 0 fully saturated rings. The van der Waals surface area contributed by atoms with Crippen molar-refractivity contribution in [3.05, 3.63) is 95.1 Å². The minimum absolute atomic E-state index is 0.0166.